The van der Waals surface area contributed by atoms with Crippen LogP contribution in [0.1, 0.15) is 25.0 Å². The first-order chi connectivity index (χ1) is 12.8. The van der Waals surface area contributed by atoms with E-state index in [0.29, 0.717) is 5.92 Å². The maximum atomic E-state index is 12.1. The molecule has 0 aliphatic carbocycles. The number of carbonyl (C=O) groups excluding carboxylic acids is 2. The molecule has 0 radical (unpaired) electrons. The lowest BCUT2D eigenvalue weighted by Crippen LogP contribution is -2.34. The van der Waals surface area contributed by atoms with E-state index in [0.717, 1.165) is 32.8 Å². The predicted octanol–water partition coefficient (Wildman–Crippen LogP) is 3.07. The van der Waals surface area contributed by atoms with Gasteiger partial charge >= 0.3 is 0 Å². The number of aromatic nitrogens is 2. The first-order valence-corrected chi connectivity index (χ1v) is 10.5. The quantitative estimate of drug-likeness (QED) is 0.553. The minimum atomic E-state index is -0.248. The van der Waals surface area contributed by atoms with Gasteiger partial charge in [-0.25, -0.2) is 0 Å². The van der Waals surface area contributed by atoms with E-state index in [4.69, 9.17) is 0 Å². The molecule has 0 atom stereocenters. The summed E-state index contributed by atoms with van der Waals surface area (Å²) in [6, 6.07) is 5.81. The second kappa shape index (κ2) is 10.3. The fourth-order valence-electron chi connectivity index (χ4n) is 2.18. The van der Waals surface area contributed by atoms with Crippen LogP contribution in [0.5, 0.6) is 0 Å². The largest absolute Gasteiger partial charge is 0.360 e. The molecule has 2 rings (SSSR count). The highest BCUT2D eigenvalue weighted by Gasteiger charge is 2.11. The molecule has 0 saturated carbocycles. The van der Waals surface area contributed by atoms with Gasteiger partial charge in [0.1, 0.15) is 0 Å². The fraction of sp³-hybridized carbons (Fsp3) is 0.444. The van der Waals surface area contributed by atoms with Gasteiger partial charge in [0.2, 0.25) is 16.9 Å². The van der Waals surface area contributed by atoms with Gasteiger partial charge in [0.05, 0.1) is 12.3 Å². The number of carbonyl (C=O) groups is 2. The minimum Gasteiger partial charge on any atom is -0.360 e. The van der Waals surface area contributed by atoms with Crippen molar-refractivity contribution in [1.29, 1.82) is 0 Å². The summed E-state index contributed by atoms with van der Waals surface area (Å²) in [5.74, 6) is 0.242. The highest BCUT2D eigenvalue weighted by molar-refractivity contribution is 8.01. The summed E-state index contributed by atoms with van der Waals surface area (Å²) >= 11 is 2.72. The third-order valence-corrected chi connectivity index (χ3v) is 5.60. The average molecular weight is 408 g/mol. The van der Waals surface area contributed by atoms with Crippen LogP contribution in [0, 0.1) is 19.8 Å². The van der Waals surface area contributed by atoms with E-state index in [1.165, 1.54) is 23.1 Å². The number of hydrogen-bond donors (Lipinski definition) is 3. The summed E-state index contributed by atoms with van der Waals surface area (Å²) in [5, 5.41) is 17.5. The molecule has 7 nitrogen and oxygen atoms in total. The van der Waals surface area contributed by atoms with Crippen LogP contribution >= 0.6 is 23.1 Å². The maximum Gasteiger partial charge on any atom is 0.243 e. The van der Waals surface area contributed by atoms with Crippen LogP contribution in [-0.2, 0) is 9.59 Å². The summed E-state index contributed by atoms with van der Waals surface area (Å²) in [4.78, 5) is 24.0. The Morgan fingerprint density at radius 3 is 2.52 bits per heavy atom. The number of nitrogens with zero attached hydrogens (tertiary/aromatic N) is 2. The summed E-state index contributed by atoms with van der Waals surface area (Å²) < 4.78 is 0.719. The van der Waals surface area contributed by atoms with Crippen LogP contribution in [0.4, 0.5) is 10.8 Å². The summed E-state index contributed by atoms with van der Waals surface area (Å²) in [6.45, 7) is 8.86. The molecule has 0 saturated heterocycles. The van der Waals surface area contributed by atoms with Crippen molar-refractivity contribution >= 4 is 45.7 Å². The Balaban J connectivity index is 1.72. The van der Waals surface area contributed by atoms with Crippen molar-refractivity contribution in [3.8, 4) is 0 Å². The van der Waals surface area contributed by atoms with Crippen molar-refractivity contribution in [1.82, 2.24) is 15.5 Å². The first kappa shape index (κ1) is 21.2. The molecule has 1 heterocycles. The normalized spacial score (nSPS) is 10.7. The van der Waals surface area contributed by atoms with E-state index in [2.05, 4.69) is 40.0 Å². The molecule has 1 aromatic heterocycles. The molecule has 0 aliphatic heterocycles. The summed E-state index contributed by atoms with van der Waals surface area (Å²) in [5.41, 5.74) is 2.77. The predicted molar refractivity (Wildman–Crippen MR) is 112 cm³/mol. The van der Waals surface area contributed by atoms with E-state index in [9.17, 15) is 9.59 Å². The van der Waals surface area contributed by atoms with E-state index >= 15 is 0 Å². The monoisotopic (exact) mass is 407 g/mol. The van der Waals surface area contributed by atoms with Gasteiger partial charge in [0, 0.05) is 12.2 Å². The van der Waals surface area contributed by atoms with Crippen molar-refractivity contribution in [3.63, 3.8) is 0 Å². The van der Waals surface area contributed by atoms with E-state index in [1.54, 1.807) is 0 Å². The number of aryl methyl sites for hydroxylation is 2. The Kier molecular flexibility index (Phi) is 8.05. The molecule has 27 heavy (non-hydrogen) atoms. The van der Waals surface area contributed by atoms with Gasteiger partial charge in [-0.15, -0.1) is 10.2 Å². The van der Waals surface area contributed by atoms with Crippen LogP contribution in [0.15, 0.2) is 22.5 Å². The molecule has 2 amide bonds. The number of anilines is 2. The highest BCUT2D eigenvalue weighted by atomic mass is 32.2. The topological polar surface area (TPSA) is 96.0 Å². The van der Waals surface area contributed by atoms with Crippen LogP contribution in [0.2, 0.25) is 0 Å². The molecule has 0 spiro atoms. The molecule has 9 heteroatoms. The Hall–Kier alpha value is -2.13. The number of thioether (sulfide) groups is 1. The zero-order valence-corrected chi connectivity index (χ0v) is 17.6. The lowest BCUT2D eigenvalue weighted by molar-refractivity contribution is -0.122. The van der Waals surface area contributed by atoms with Gasteiger partial charge in [-0.3, -0.25) is 9.59 Å². The lowest BCUT2D eigenvalue weighted by Gasteiger charge is -2.11. The molecular formula is C18H25N5O2S2. The van der Waals surface area contributed by atoms with E-state index in [1.807, 2.05) is 32.0 Å². The molecular weight excluding hydrogens is 382 g/mol. The highest BCUT2D eigenvalue weighted by Crippen LogP contribution is 2.25. The van der Waals surface area contributed by atoms with E-state index < -0.39 is 0 Å². The number of rotatable bonds is 9. The van der Waals surface area contributed by atoms with Gasteiger partial charge in [-0.1, -0.05) is 55.1 Å². The Labute approximate surface area is 167 Å². The second-order valence-electron chi connectivity index (χ2n) is 6.53. The molecule has 0 aliphatic rings. The molecule has 3 N–H and O–H groups in total. The second-order valence-corrected chi connectivity index (χ2v) is 8.73. The van der Waals surface area contributed by atoms with Crippen LogP contribution < -0.4 is 16.0 Å². The Bertz CT molecular complexity index is 772. The van der Waals surface area contributed by atoms with Crippen LogP contribution in [0.3, 0.4) is 0 Å². The first-order valence-electron chi connectivity index (χ1n) is 8.68. The fourth-order valence-corrected chi connectivity index (χ4v) is 3.77. The zero-order chi connectivity index (χ0) is 19.8. The Morgan fingerprint density at radius 1 is 1.15 bits per heavy atom. The third kappa shape index (κ3) is 7.18. The smallest absolute Gasteiger partial charge is 0.243 e. The number of nitrogens with one attached hydrogen (secondary N) is 3. The molecule has 146 valence electrons. The molecule has 0 fully saturated rings. The standard InChI is InChI=1S/C18H25N5O2S2/c1-11(2)8-20-17-22-23-18(27-17)26-10-15(25)19-9-14(24)21-16-12(3)6-5-7-13(16)4/h5-7,11H,8-10H2,1-4H3,(H,19,25)(H,20,22)(H,21,24). The van der Waals surface area contributed by atoms with Crippen LogP contribution in [-0.4, -0.2) is 40.9 Å². The number of amides is 2. The molecule has 2 aromatic rings. The van der Waals surface area contributed by atoms with Crippen molar-refractivity contribution in [3.05, 3.63) is 29.3 Å². The molecule has 1 aromatic carbocycles. The lowest BCUT2D eigenvalue weighted by atomic mass is 10.1. The summed E-state index contributed by atoms with van der Waals surface area (Å²) in [7, 11) is 0. The third-order valence-electron chi connectivity index (χ3n) is 3.59. The number of benzene rings is 1. The van der Waals surface area contributed by atoms with Crippen molar-refractivity contribution in [2.75, 3.05) is 29.5 Å². The van der Waals surface area contributed by atoms with E-state index in [-0.39, 0.29) is 24.1 Å². The maximum absolute atomic E-state index is 12.1. The van der Waals surface area contributed by atoms with Gasteiger partial charge in [-0.05, 0) is 30.9 Å². The van der Waals surface area contributed by atoms with Gasteiger partial charge in [0.25, 0.3) is 0 Å². The molecule has 0 unspecified atom stereocenters. The van der Waals surface area contributed by atoms with Gasteiger partial charge < -0.3 is 16.0 Å². The van der Waals surface area contributed by atoms with Crippen molar-refractivity contribution in [2.45, 2.75) is 32.0 Å². The SMILES string of the molecule is Cc1cccc(C)c1NC(=O)CNC(=O)CSc1nnc(NCC(C)C)s1. The number of para-hydroxylation sites is 1. The summed E-state index contributed by atoms with van der Waals surface area (Å²) in [6.07, 6.45) is 0. The van der Waals surface area contributed by atoms with Crippen LogP contribution in [0.25, 0.3) is 0 Å². The molecule has 0 bridgehead atoms. The average Bonchev–Trinajstić information content (AvgIpc) is 3.07. The minimum absolute atomic E-state index is 0.0650. The van der Waals surface area contributed by atoms with Gasteiger partial charge in [-0.2, -0.15) is 0 Å². The van der Waals surface area contributed by atoms with Gasteiger partial charge in [0.15, 0.2) is 4.34 Å². The van der Waals surface area contributed by atoms with Crippen molar-refractivity contribution in [2.24, 2.45) is 5.92 Å². The zero-order valence-electron chi connectivity index (χ0n) is 16.0. The Morgan fingerprint density at radius 2 is 1.85 bits per heavy atom. The number of hydrogen-bond acceptors (Lipinski definition) is 7. The van der Waals surface area contributed by atoms with Crippen molar-refractivity contribution < 1.29 is 9.59 Å².